The molecule has 0 bridgehead atoms. The van der Waals surface area contributed by atoms with Crippen LogP contribution in [0, 0.1) is 12.7 Å². The summed E-state index contributed by atoms with van der Waals surface area (Å²) >= 11 is 0. The van der Waals surface area contributed by atoms with Crippen LogP contribution in [0.5, 0.6) is 5.75 Å². The number of imidazole rings is 1. The number of hydrogen-bond acceptors (Lipinski definition) is 8. The van der Waals surface area contributed by atoms with Crippen LogP contribution in [0.1, 0.15) is 60.3 Å². The van der Waals surface area contributed by atoms with Crippen molar-refractivity contribution in [1.29, 1.82) is 0 Å². The standard InChI is InChI=1S/C32H37FN6O4/c1-20-16-23(28(33)29(35-20)24-18-34-11-8-27(24)42-3)30(40)37-31-36-25-17-21(19-38-12-14-43-15-13-38)4-5-26(25)39(31)22-6-9-32(2,41)10-7-22/h4-5,8,11,16-18,22,41H,6-7,9-10,12-15,19H2,1-3H3,(H,36,37,40). The third kappa shape index (κ3) is 6.11. The number of amides is 1. The maximum atomic E-state index is 16.0. The van der Waals surface area contributed by atoms with Crippen molar-refractivity contribution in [2.24, 2.45) is 0 Å². The Balaban J connectivity index is 1.36. The lowest BCUT2D eigenvalue weighted by Gasteiger charge is -2.34. The monoisotopic (exact) mass is 588 g/mol. The van der Waals surface area contributed by atoms with Crippen LogP contribution in [0.3, 0.4) is 0 Å². The smallest absolute Gasteiger partial charge is 0.261 e. The summed E-state index contributed by atoms with van der Waals surface area (Å²) in [5.74, 6) is -0.635. The molecular weight excluding hydrogens is 551 g/mol. The molecule has 1 saturated heterocycles. The molecule has 4 heterocycles. The highest BCUT2D eigenvalue weighted by atomic mass is 19.1. The summed E-state index contributed by atoms with van der Waals surface area (Å²) in [4.78, 5) is 29.4. The summed E-state index contributed by atoms with van der Waals surface area (Å²) in [6.45, 7) is 7.54. The van der Waals surface area contributed by atoms with Gasteiger partial charge < -0.3 is 19.1 Å². The largest absolute Gasteiger partial charge is 0.496 e. The molecule has 1 saturated carbocycles. The van der Waals surface area contributed by atoms with E-state index in [-0.39, 0.29) is 17.3 Å². The van der Waals surface area contributed by atoms with Gasteiger partial charge in [0.05, 0.1) is 48.1 Å². The number of halogens is 1. The number of carbonyl (C=O) groups excluding carboxylic acids is 1. The van der Waals surface area contributed by atoms with Gasteiger partial charge in [-0.25, -0.2) is 14.4 Å². The van der Waals surface area contributed by atoms with Gasteiger partial charge in [0.2, 0.25) is 5.95 Å². The number of nitrogens with one attached hydrogen (secondary N) is 1. The van der Waals surface area contributed by atoms with E-state index in [4.69, 9.17) is 14.5 Å². The average molecular weight is 589 g/mol. The van der Waals surface area contributed by atoms with Crippen LogP contribution in [0.25, 0.3) is 22.3 Å². The predicted molar refractivity (Wildman–Crippen MR) is 161 cm³/mol. The Kier molecular flexibility index (Phi) is 8.13. The second-order valence-corrected chi connectivity index (χ2v) is 11.7. The SMILES string of the molecule is COc1ccncc1-c1nc(C)cc(C(=O)Nc2nc3cc(CN4CCOCC4)ccc3n2C2CCC(C)(O)CC2)c1F. The van der Waals surface area contributed by atoms with Crippen LogP contribution in [-0.4, -0.2) is 74.4 Å². The molecule has 10 nitrogen and oxygen atoms in total. The van der Waals surface area contributed by atoms with E-state index in [2.05, 4.69) is 32.3 Å². The lowest BCUT2D eigenvalue weighted by Crippen LogP contribution is -2.35. The van der Waals surface area contributed by atoms with Gasteiger partial charge in [0, 0.05) is 43.8 Å². The first kappa shape index (κ1) is 29.2. The van der Waals surface area contributed by atoms with E-state index in [1.54, 1.807) is 19.2 Å². The highest BCUT2D eigenvalue weighted by Gasteiger charge is 2.32. The van der Waals surface area contributed by atoms with Crippen molar-refractivity contribution in [3.05, 3.63) is 65.4 Å². The van der Waals surface area contributed by atoms with Crippen LogP contribution >= 0.6 is 0 Å². The van der Waals surface area contributed by atoms with Crippen LogP contribution in [0.4, 0.5) is 10.3 Å². The fourth-order valence-corrected chi connectivity index (χ4v) is 6.11. The minimum Gasteiger partial charge on any atom is -0.496 e. The molecule has 6 rings (SSSR count). The molecule has 0 spiro atoms. The van der Waals surface area contributed by atoms with Gasteiger partial charge in [0.15, 0.2) is 5.82 Å². The van der Waals surface area contributed by atoms with E-state index in [1.165, 1.54) is 19.4 Å². The summed E-state index contributed by atoms with van der Waals surface area (Å²) in [6, 6.07) is 9.27. The number of hydrogen-bond donors (Lipinski definition) is 2. The lowest BCUT2D eigenvalue weighted by atomic mass is 9.83. The number of methoxy groups -OCH3 is 1. The Hall–Kier alpha value is -3.93. The number of benzene rings is 1. The molecule has 2 aliphatic rings. The Morgan fingerprint density at radius 2 is 1.95 bits per heavy atom. The molecule has 2 N–H and O–H groups in total. The van der Waals surface area contributed by atoms with Crippen molar-refractivity contribution in [2.75, 3.05) is 38.7 Å². The minimum atomic E-state index is -0.765. The summed E-state index contributed by atoms with van der Waals surface area (Å²) < 4.78 is 28.9. The van der Waals surface area contributed by atoms with Gasteiger partial charge >= 0.3 is 0 Å². The molecule has 0 unspecified atom stereocenters. The topological polar surface area (TPSA) is 115 Å². The molecule has 226 valence electrons. The zero-order valence-electron chi connectivity index (χ0n) is 24.8. The molecule has 3 aromatic heterocycles. The van der Waals surface area contributed by atoms with Crippen LogP contribution < -0.4 is 10.1 Å². The number of ether oxygens (including phenoxy) is 2. The number of aliphatic hydroxyl groups is 1. The van der Waals surface area contributed by atoms with Crippen molar-refractivity contribution in [1.82, 2.24) is 24.4 Å². The Morgan fingerprint density at radius 3 is 2.70 bits per heavy atom. The number of nitrogens with zero attached hydrogens (tertiary/aromatic N) is 5. The van der Waals surface area contributed by atoms with Crippen molar-refractivity contribution < 1.29 is 23.8 Å². The van der Waals surface area contributed by atoms with Gasteiger partial charge in [-0.05, 0) is 69.4 Å². The summed E-state index contributed by atoms with van der Waals surface area (Å²) in [5, 5.41) is 13.5. The highest BCUT2D eigenvalue weighted by Crippen LogP contribution is 2.39. The molecule has 2 fully saturated rings. The van der Waals surface area contributed by atoms with Crippen LogP contribution in [0.15, 0.2) is 42.7 Å². The maximum absolute atomic E-state index is 16.0. The maximum Gasteiger partial charge on any atom is 0.261 e. The number of aromatic nitrogens is 4. The number of carbonyl (C=O) groups is 1. The highest BCUT2D eigenvalue weighted by molar-refractivity contribution is 6.05. The van der Waals surface area contributed by atoms with Crippen molar-refractivity contribution in [3.63, 3.8) is 0 Å². The quantitative estimate of drug-likeness (QED) is 0.313. The molecule has 1 amide bonds. The Bertz CT molecular complexity index is 1640. The molecule has 4 aromatic rings. The second kappa shape index (κ2) is 12.0. The molecule has 1 aromatic carbocycles. The second-order valence-electron chi connectivity index (χ2n) is 11.7. The van der Waals surface area contributed by atoms with E-state index in [0.29, 0.717) is 35.8 Å². The van der Waals surface area contributed by atoms with Gasteiger partial charge in [0.25, 0.3) is 5.91 Å². The number of morpholine rings is 1. The first-order valence-electron chi connectivity index (χ1n) is 14.7. The van der Waals surface area contributed by atoms with E-state index < -0.39 is 17.3 Å². The zero-order valence-corrected chi connectivity index (χ0v) is 24.8. The number of aryl methyl sites for hydroxylation is 1. The molecule has 0 atom stereocenters. The number of anilines is 1. The molecule has 11 heteroatoms. The molecule has 43 heavy (non-hydrogen) atoms. The normalized spacial score (nSPS) is 21.2. The Labute approximate surface area is 249 Å². The minimum absolute atomic E-state index is 0.00845. The van der Waals surface area contributed by atoms with E-state index in [9.17, 15) is 9.90 Å². The summed E-state index contributed by atoms with van der Waals surface area (Å²) in [7, 11) is 1.49. The van der Waals surface area contributed by atoms with Crippen LogP contribution in [-0.2, 0) is 11.3 Å². The molecule has 0 radical (unpaired) electrons. The molecular formula is C32H37FN6O4. The number of fused-ring (bicyclic) bond motifs is 1. The first-order chi connectivity index (χ1) is 20.7. The van der Waals surface area contributed by atoms with Crippen molar-refractivity contribution in [3.8, 4) is 17.0 Å². The summed E-state index contributed by atoms with van der Waals surface area (Å²) in [6.07, 6.45) is 5.74. The van der Waals surface area contributed by atoms with Crippen molar-refractivity contribution in [2.45, 2.75) is 57.7 Å². The molecule has 1 aliphatic carbocycles. The van der Waals surface area contributed by atoms with Gasteiger partial charge in [-0.3, -0.25) is 20.0 Å². The fraction of sp³-hybridized carbons (Fsp3) is 0.438. The van der Waals surface area contributed by atoms with Gasteiger partial charge in [-0.2, -0.15) is 0 Å². The van der Waals surface area contributed by atoms with Gasteiger partial charge in [-0.1, -0.05) is 6.07 Å². The molecule has 1 aliphatic heterocycles. The van der Waals surface area contributed by atoms with Gasteiger partial charge in [0.1, 0.15) is 11.4 Å². The summed E-state index contributed by atoms with van der Waals surface area (Å²) in [5.41, 5.74) is 2.72. The Morgan fingerprint density at radius 1 is 1.19 bits per heavy atom. The third-order valence-corrected chi connectivity index (χ3v) is 8.47. The van der Waals surface area contributed by atoms with E-state index in [1.807, 2.05) is 17.6 Å². The number of pyridine rings is 2. The lowest BCUT2D eigenvalue weighted by molar-refractivity contribution is 0.0106. The zero-order chi connectivity index (χ0) is 30.1. The third-order valence-electron chi connectivity index (χ3n) is 8.47. The van der Waals surface area contributed by atoms with E-state index in [0.717, 1.165) is 62.3 Å². The number of rotatable bonds is 7. The van der Waals surface area contributed by atoms with Crippen molar-refractivity contribution >= 4 is 22.9 Å². The van der Waals surface area contributed by atoms with E-state index >= 15 is 4.39 Å². The van der Waals surface area contributed by atoms with Crippen LogP contribution in [0.2, 0.25) is 0 Å². The van der Waals surface area contributed by atoms with Gasteiger partial charge in [-0.15, -0.1) is 0 Å². The first-order valence-corrected chi connectivity index (χ1v) is 14.7. The average Bonchev–Trinajstić information content (AvgIpc) is 3.35. The fourth-order valence-electron chi connectivity index (χ4n) is 6.11. The predicted octanol–water partition coefficient (Wildman–Crippen LogP) is 4.90.